The maximum absolute atomic E-state index is 13.2. The summed E-state index contributed by atoms with van der Waals surface area (Å²) in [5.74, 6) is 4.60. The van der Waals surface area contributed by atoms with Crippen molar-refractivity contribution in [2.45, 2.75) is 31.4 Å². The zero-order chi connectivity index (χ0) is 17.7. The van der Waals surface area contributed by atoms with Crippen LogP contribution in [-0.2, 0) is 28.7 Å². The summed E-state index contributed by atoms with van der Waals surface area (Å²) in [6, 6.07) is 7.07. The van der Waals surface area contributed by atoms with Crippen molar-refractivity contribution < 1.29 is 13.0 Å². The number of nitrogens with zero attached hydrogens (tertiary/aromatic N) is 1. The molecule has 0 radical (unpaired) electrons. The summed E-state index contributed by atoms with van der Waals surface area (Å²) >= 11 is 3.86. The van der Waals surface area contributed by atoms with Gasteiger partial charge in [-0.1, -0.05) is 0 Å². The fraction of sp³-hybridized carbons (Fsp3) is 0.278. The number of hydrogen-bond donors (Lipinski definition) is 0. The van der Waals surface area contributed by atoms with E-state index in [1.54, 1.807) is 19.9 Å². The van der Waals surface area contributed by atoms with Crippen LogP contribution in [0.1, 0.15) is 30.8 Å². The zero-order valence-corrected chi connectivity index (χ0v) is 15.6. The van der Waals surface area contributed by atoms with Gasteiger partial charge in [0.2, 0.25) is 0 Å². The molecule has 6 heteroatoms. The van der Waals surface area contributed by atoms with Crippen LogP contribution in [0.5, 0.6) is 0 Å². The average Bonchev–Trinajstić information content (AvgIpc) is 2.52. The Morgan fingerprint density at radius 2 is 1.83 bits per heavy atom. The fourth-order valence-corrected chi connectivity index (χ4v) is 2.49. The molecule has 2 rings (SSSR count). The lowest BCUT2D eigenvalue weighted by Gasteiger charge is -2.05. The molecule has 0 unspecified atom stereocenters. The lowest BCUT2D eigenvalue weighted by molar-refractivity contribution is 0.579. The van der Waals surface area contributed by atoms with E-state index >= 15 is 0 Å². The van der Waals surface area contributed by atoms with Crippen LogP contribution in [0, 0.1) is 23.5 Å². The lowest BCUT2D eigenvalue weighted by atomic mass is 10.1. The molecule has 0 bridgehead atoms. The predicted molar refractivity (Wildman–Crippen MR) is 94.7 cm³/mol. The summed E-state index contributed by atoms with van der Waals surface area (Å²) in [7, 11) is 0. The Labute approximate surface area is 152 Å². The first-order chi connectivity index (χ1) is 11.3. The molecule has 0 aliphatic heterocycles. The van der Waals surface area contributed by atoms with Gasteiger partial charge in [0.1, 0.15) is 17.3 Å². The summed E-state index contributed by atoms with van der Waals surface area (Å²) in [5.41, 5.74) is 1.88. The Kier molecular flexibility index (Phi) is 6.14. The van der Waals surface area contributed by atoms with Gasteiger partial charge < -0.3 is 0 Å². The number of halogens is 3. The lowest BCUT2D eigenvalue weighted by Crippen LogP contribution is -2.14. The highest BCUT2D eigenvalue weighted by molar-refractivity contribution is 9.10. The number of rotatable bonds is 4. The van der Waals surface area contributed by atoms with E-state index in [0.29, 0.717) is 35.8 Å². The Bertz CT molecular complexity index is 807. The van der Waals surface area contributed by atoms with E-state index in [9.17, 15) is 13.0 Å². The number of benzene rings is 1. The normalized spacial score (nSPS) is 10.9. The smallest absolute Gasteiger partial charge is 0.243 e. The van der Waals surface area contributed by atoms with Crippen molar-refractivity contribution in [3.8, 4) is 11.8 Å². The summed E-state index contributed by atoms with van der Waals surface area (Å²) in [4.78, 5) is 4.45. The molecule has 0 N–H and O–H groups in total. The van der Waals surface area contributed by atoms with Crippen molar-refractivity contribution >= 4 is 27.6 Å². The largest absolute Gasteiger partial charge is 0.478 e. The highest BCUT2D eigenvalue weighted by Crippen LogP contribution is 2.18. The van der Waals surface area contributed by atoms with Crippen LogP contribution in [0.4, 0.5) is 8.78 Å². The fourth-order valence-electron chi connectivity index (χ4n) is 1.98. The molecule has 2 nitrogen and oxygen atoms in total. The van der Waals surface area contributed by atoms with Crippen LogP contribution in [-0.4, -0.2) is 9.73 Å². The van der Waals surface area contributed by atoms with Crippen molar-refractivity contribution in [3.63, 3.8) is 0 Å². The molecule has 0 saturated carbocycles. The molecule has 0 atom stereocenters. The van der Waals surface area contributed by atoms with Crippen molar-refractivity contribution in [1.82, 2.24) is 4.98 Å². The van der Waals surface area contributed by atoms with Crippen LogP contribution in [0.3, 0.4) is 0 Å². The monoisotopic (exact) mass is 410 g/mol. The number of pyridine rings is 1. The Hall–Kier alpha value is -1.71. The molecule has 0 fully saturated rings. The van der Waals surface area contributed by atoms with E-state index in [4.69, 9.17) is 0 Å². The maximum Gasteiger partial charge on any atom is 0.478 e. The van der Waals surface area contributed by atoms with Gasteiger partial charge in [-0.25, -0.2) is 13.8 Å². The van der Waals surface area contributed by atoms with E-state index in [0.717, 1.165) is 16.2 Å². The Morgan fingerprint density at radius 1 is 1.17 bits per heavy atom. The molecular weight excluding hydrogens is 396 g/mol. The molecule has 124 valence electrons. The van der Waals surface area contributed by atoms with Crippen molar-refractivity contribution in [1.29, 1.82) is 0 Å². The van der Waals surface area contributed by atoms with Gasteiger partial charge in [-0.05, 0) is 70.4 Å². The molecule has 0 saturated heterocycles. The first-order valence-electron chi connectivity index (χ1n) is 7.23. The topological polar surface area (TPSA) is 30.0 Å². The first kappa shape index (κ1) is 18.6. The van der Waals surface area contributed by atoms with Gasteiger partial charge in [-0.2, -0.15) is 0 Å². The second kappa shape index (κ2) is 7.91. The van der Waals surface area contributed by atoms with Gasteiger partial charge in [0.15, 0.2) is 0 Å². The summed E-state index contributed by atoms with van der Waals surface area (Å²) < 4.78 is 37.5. The maximum atomic E-state index is 13.2. The van der Waals surface area contributed by atoms with Crippen LogP contribution >= 0.6 is 15.9 Å². The molecule has 2 aromatic rings. The predicted octanol–water partition coefficient (Wildman–Crippen LogP) is 4.47. The van der Waals surface area contributed by atoms with Gasteiger partial charge in [-0.15, -0.1) is 0 Å². The number of aryl methyl sites for hydroxylation is 2. The SMILES string of the molecule is CC(C)(C#Cc1ccc(Br)c(CCc2cc(F)cc(F)c2)n1)[S+]=O. The van der Waals surface area contributed by atoms with Crippen LogP contribution in [0.15, 0.2) is 34.8 Å². The molecular formula is C18H15BrF2NOS+. The quantitative estimate of drug-likeness (QED) is 0.549. The second-order valence-corrected chi connectivity index (χ2v) is 7.79. The molecule has 0 spiro atoms. The Morgan fingerprint density at radius 3 is 2.46 bits per heavy atom. The van der Waals surface area contributed by atoms with E-state index in [2.05, 4.69) is 32.8 Å². The third kappa shape index (κ3) is 5.43. The summed E-state index contributed by atoms with van der Waals surface area (Å²) in [6.07, 6.45) is 0.970. The van der Waals surface area contributed by atoms with E-state index < -0.39 is 16.4 Å². The van der Waals surface area contributed by atoms with Crippen molar-refractivity contribution in [3.05, 3.63) is 63.4 Å². The minimum Gasteiger partial charge on any atom is -0.243 e. The van der Waals surface area contributed by atoms with E-state index in [-0.39, 0.29) is 0 Å². The van der Waals surface area contributed by atoms with Crippen LogP contribution < -0.4 is 0 Å². The van der Waals surface area contributed by atoms with Crippen LogP contribution in [0.25, 0.3) is 0 Å². The second-order valence-electron chi connectivity index (χ2n) is 5.75. The van der Waals surface area contributed by atoms with Gasteiger partial charge in [0.25, 0.3) is 0 Å². The van der Waals surface area contributed by atoms with E-state index in [1.165, 1.54) is 12.1 Å². The molecule has 1 heterocycles. The number of aromatic nitrogens is 1. The van der Waals surface area contributed by atoms with Gasteiger partial charge >= 0.3 is 16.4 Å². The van der Waals surface area contributed by atoms with Gasteiger partial charge in [-0.3, -0.25) is 0 Å². The molecule has 1 aromatic carbocycles. The third-order valence-electron chi connectivity index (χ3n) is 3.19. The molecule has 0 amide bonds. The summed E-state index contributed by atoms with van der Waals surface area (Å²) in [5, 5.41) is 0. The summed E-state index contributed by atoms with van der Waals surface area (Å²) in [6.45, 7) is 3.49. The highest BCUT2D eigenvalue weighted by Gasteiger charge is 2.29. The first-order valence-corrected chi connectivity index (χ1v) is 8.77. The molecule has 1 aromatic heterocycles. The van der Waals surface area contributed by atoms with Gasteiger partial charge in [0.05, 0.1) is 5.69 Å². The third-order valence-corrected chi connectivity index (χ3v) is 4.43. The van der Waals surface area contributed by atoms with E-state index in [1.807, 2.05) is 6.07 Å². The highest BCUT2D eigenvalue weighted by atomic mass is 79.9. The zero-order valence-electron chi connectivity index (χ0n) is 13.2. The molecule has 24 heavy (non-hydrogen) atoms. The van der Waals surface area contributed by atoms with Crippen molar-refractivity contribution in [2.75, 3.05) is 0 Å². The number of hydrogen-bond acceptors (Lipinski definition) is 2. The molecule has 0 aliphatic carbocycles. The standard InChI is InChI=1S/C18H15BrF2NOS/c1-18(2,24-23)8-7-15-4-5-16(19)17(22-15)6-3-12-9-13(20)11-14(21)10-12/h4-5,9-11H,3,6H2,1-2H3/q+1. The minimum absolute atomic E-state index is 0.432. The van der Waals surface area contributed by atoms with Crippen molar-refractivity contribution in [2.24, 2.45) is 0 Å². The minimum atomic E-state index is -0.686. The average molecular weight is 411 g/mol. The van der Waals surface area contributed by atoms with Crippen LogP contribution in [0.2, 0.25) is 0 Å². The van der Waals surface area contributed by atoms with Gasteiger partial charge in [0, 0.05) is 28.6 Å². The Balaban J connectivity index is 2.18. The molecule has 0 aliphatic rings.